The number of nitrogens with zero attached hydrogens (tertiary/aromatic N) is 5. The van der Waals surface area contributed by atoms with Crippen LogP contribution in [0.25, 0.3) is 0 Å². The number of benzene rings is 1. The van der Waals surface area contributed by atoms with E-state index in [1.807, 2.05) is 13.8 Å². The lowest BCUT2D eigenvalue weighted by molar-refractivity contribution is -0.387. The van der Waals surface area contributed by atoms with Crippen molar-refractivity contribution in [2.45, 2.75) is 29.9 Å². The molecule has 1 aromatic carbocycles. The van der Waals surface area contributed by atoms with E-state index in [0.717, 1.165) is 12.1 Å². The van der Waals surface area contributed by atoms with Gasteiger partial charge in [-0.05, 0) is 25.5 Å². The number of amides is 1. The van der Waals surface area contributed by atoms with E-state index in [1.165, 1.54) is 34.3 Å². The number of nitro benzene ring substituents is 1. The summed E-state index contributed by atoms with van der Waals surface area (Å²) in [7, 11) is 0. The van der Waals surface area contributed by atoms with Gasteiger partial charge in [-0.1, -0.05) is 29.6 Å². The normalized spacial score (nSPS) is 10.8. The van der Waals surface area contributed by atoms with Crippen LogP contribution in [0.2, 0.25) is 0 Å². The number of nitro groups is 1. The molecule has 0 fully saturated rings. The number of nitrogen functional groups attached to an aromatic ring is 1. The highest BCUT2D eigenvalue weighted by Gasteiger charge is 2.17. The van der Waals surface area contributed by atoms with Crippen molar-refractivity contribution in [2.75, 3.05) is 24.7 Å². The summed E-state index contributed by atoms with van der Waals surface area (Å²) in [6, 6.07) is 3.71. The average molecular weight is 414 g/mol. The van der Waals surface area contributed by atoms with E-state index in [2.05, 4.69) is 10.2 Å². The fourth-order valence-electron chi connectivity index (χ4n) is 2.19. The van der Waals surface area contributed by atoms with Crippen molar-refractivity contribution in [3.05, 3.63) is 39.7 Å². The molecule has 1 aromatic heterocycles. The summed E-state index contributed by atoms with van der Waals surface area (Å²) in [5.41, 5.74) is -0.0145. The minimum Gasteiger partial charge on any atom is -0.343 e. The first-order chi connectivity index (χ1) is 12.9. The van der Waals surface area contributed by atoms with Crippen LogP contribution in [0.3, 0.4) is 0 Å². The van der Waals surface area contributed by atoms with E-state index in [1.54, 1.807) is 4.90 Å². The third-order valence-electron chi connectivity index (χ3n) is 3.65. The van der Waals surface area contributed by atoms with E-state index in [0.29, 0.717) is 34.7 Å². The molecule has 2 rings (SSSR count). The van der Waals surface area contributed by atoms with Crippen molar-refractivity contribution in [3.63, 3.8) is 0 Å². The average Bonchev–Trinajstić information content (AvgIpc) is 2.98. The fraction of sp³-hybridized carbons (Fsp3) is 0.400. The Morgan fingerprint density at radius 1 is 1.30 bits per heavy atom. The maximum atomic E-state index is 13.7. The zero-order valence-corrected chi connectivity index (χ0v) is 16.4. The minimum atomic E-state index is -0.890. The monoisotopic (exact) mass is 414 g/mol. The van der Waals surface area contributed by atoms with Crippen LogP contribution in [0.4, 0.5) is 10.1 Å². The standard InChI is InChI=1S/C15H19FN6O3S2/c1-3-20(4-2)13(23)9-27-15-19-18-14(21(15)17)26-8-10-5-6-12(22(24)25)11(16)7-10/h5-7H,3-4,8-9,17H2,1-2H3. The van der Waals surface area contributed by atoms with Gasteiger partial charge in [0.1, 0.15) is 0 Å². The summed E-state index contributed by atoms with van der Waals surface area (Å²) < 4.78 is 14.9. The molecule has 0 radical (unpaired) electrons. The second-order valence-corrected chi connectivity index (χ2v) is 7.21. The first kappa shape index (κ1) is 21.0. The van der Waals surface area contributed by atoms with Gasteiger partial charge >= 0.3 is 5.69 Å². The van der Waals surface area contributed by atoms with E-state index in [9.17, 15) is 19.3 Å². The quantitative estimate of drug-likeness (QED) is 0.287. The fourth-order valence-corrected chi connectivity index (χ4v) is 3.81. The molecule has 2 aromatic rings. The van der Waals surface area contributed by atoms with Crippen LogP contribution in [0.15, 0.2) is 28.5 Å². The van der Waals surface area contributed by atoms with Gasteiger partial charge in [0.05, 0.1) is 10.7 Å². The summed E-state index contributed by atoms with van der Waals surface area (Å²) in [5, 5.41) is 19.4. The molecule has 0 saturated heterocycles. The molecule has 9 nitrogen and oxygen atoms in total. The van der Waals surface area contributed by atoms with Gasteiger partial charge in [-0.3, -0.25) is 14.9 Å². The molecule has 0 aliphatic heterocycles. The lowest BCUT2D eigenvalue weighted by Crippen LogP contribution is -2.32. The predicted octanol–water partition coefficient (Wildman–Crippen LogP) is 2.29. The van der Waals surface area contributed by atoms with E-state index in [-0.39, 0.29) is 11.7 Å². The van der Waals surface area contributed by atoms with Gasteiger partial charge in [0.25, 0.3) is 0 Å². The largest absolute Gasteiger partial charge is 0.343 e. The maximum Gasteiger partial charge on any atom is 0.304 e. The van der Waals surface area contributed by atoms with Crippen LogP contribution in [0, 0.1) is 15.9 Å². The number of hydrogen-bond donors (Lipinski definition) is 1. The minimum absolute atomic E-state index is 0.0106. The van der Waals surface area contributed by atoms with Gasteiger partial charge in [-0.15, -0.1) is 10.2 Å². The molecule has 1 heterocycles. The van der Waals surface area contributed by atoms with Gasteiger partial charge in [0, 0.05) is 24.9 Å². The van der Waals surface area contributed by atoms with Crippen molar-refractivity contribution in [2.24, 2.45) is 0 Å². The van der Waals surface area contributed by atoms with Crippen LogP contribution >= 0.6 is 23.5 Å². The van der Waals surface area contributed by atoms with Crippen LogP contribution in [0.5, 0.6) is 0 Å². The highest BCUT2D eigenvalue weighted by Crippen LogP contribution is 2.26. The zero-order chi connectivity index (χ0) is 20.0. The number of thioether (sulfide) groups is 2. The molecule has 0 aliphatic carbocycles. The Morgan fingerprint density at radius 3 is 2.48 bits per heavy atom. The van der Waals surface area contributed by atoms with Crippen molar-refractivity contribution < 1.29 is 14.1 Å². The van der Waals surface area contributed by atoms with Crippen molar-refractivity contribution >= 4 is 35.1 Å². The Kier molecular flexibility index (Phi) is 7.42. The SMILES string of the molecule is CCN(CC)C(=O)CSc1nnc(SCc2ccc([N+](=O)[O-])c(F)c2)n1N. The number of hydrogen-bond acceptors (Lipinski definition) is 8. The molecule has 0 unspecified atom stereocenters. The smallest absolute Gasteiger partial charge is 0.304 e. The molecule has 0 aliphatic rings. The molecule has 146 valence electrons. The Labute approximate surface area is 163 Å². The van der Waals surface area contributed by atoms with E-state index in [4.69, 9.17) is 5.84 Å². The Bertz CT molecular complexity index is 828. The highest BCUT2D eigenvalue weighted by molar-refractivity contribution is 8.00. The van der Waals surface area contributed by atoms with Gasteiger partial charge in [-0.2, -0.15) is 4.39 Å². The Hall–Kier alpha value is -2.34. The molecule has 2 N–H and O–H groups in total. The third-order valence-corrected chi connectivity index (χ3v) is 5.59. The molecular weight excluding hydrogens is 395 g/mol. The summed E-state index contributed by atoms with van der Waals surface area (Å²) in [5.74, 6) is 5.57. The van der Waals surface area contributed by atoms with E-state index >= 15 is 0 Å². The Morgan fingerprint density at radius 2 is 1.93 bits per heavy atom. The van der Waals surface area contributed by atoms with Gasteiger partial charge < -0.3 is 10.7 Å². The molecule has 1 amide bonds. The van der Waals surface area contributed by atoms with Crippen LogP contribution in [-0.4, -0.2) is 49.4 Å². The zero-order valence-electron chi connectivity index (χ0n) is 14.8. The first-order valence-electron chi connectivity index (χ1n) is 8.04. The van der Waals surface area contributed by atoms with Gasteiger partial charge in [0.2, 0.25) is 22.0 Å². The number of aromatic nitrogens is 3. The summed E-state index contributed by atoms with van der Waals surface area (Å²) >= 11 is 2.40. The van der Waals surface area contributed by atoms with Crippen molar-refractivity contribution in [3.8, 4) is 0 Å². The second kappa shape index (κ2) is 9.55. The molecule has 0 bridgehead atoms. The van der Waals surface area contributed by atoms with Gasteiger partial charge in [0.15, 0.2) is 0 Å². The third kappa shape index (κ3) is 5.32. The lowest BCUT2D eigenvalue weighted by Gasteiger charge is -2.17. The summed E-state index contributed by atoms with van der Waals surface area (Å²) in [4.78, 5) is 23.6. The molecule has 0 saturated carbocycles. The number of nitrogens with two attached hydrogens (primary N) is 1. The molecular formula is C15H19FN6O3S2. The lowest BCUT2D eigenvalue weighted by atomic mass is 10.2. The maximum absolute atomic E-state index is 13.7. The number of halogens is 1. The number of rotatable bonds is 9. The van der Waals surface area contributed by atoms with Crippen LogP contribution in [-0.2, 0) is 10.5 Å². The van der Waals surface area contributed by atoms with Crippen LogP contribution < -0.4 is 5.84 Å². The molecule has 0 atom stereocenters. The highest BCUT2D eigenvalue weighted by atomic mass is 32.2. The molecule has 0 spiro atoms. The molecule has 12 heteroatoms. The number of carbonyl (C=O) groups excluding carboxylic acids is 1. The topological polar surface area (TPSA) is 120 Å². The Balaban J connectivity index is 1.96. The van der Waals surface area contributed by atoms with Crippen LogP contribution in [0.1, 0.15) is 19.4 Å². The first-order valence-corrected chi connectivity index (χ1v) is 10.0. The summed E-state index contributed by atoms with van der Waals surface area (Å²) in [6.45, 7) is 5.09. The summed E-state index contributed by atoms with van der Waals surface area (Å²) in [6.07, 6.45) is 0. The van der Waals surface area contributed by atoms with Crippen molar-refractivity contribution in [1.29, 1.82) is 0 Å². The molecule has 27 heavy (non-hydrogen) atoms. The second-order valence-electron chi connectivity index (χ2n) is 5.32. The predicted molar refractivity (Wildman–Crippen MR) is 101 cm³/mol. The van der Waals surface area contributed by atoms with Crippen molar-refractivity contribution in [1.82, 2.24) is 19.8 Å². The van der Waals surface area contributed by atoms with E-state index < -0.39 is 16.4 Å². The van der Waals surface area contributed by atoms with Gasteiger partial charge in [-0.25, -0.2) is 4.68 Å². The number of carbonyl (C=O) groups is 1.